The molecule has 2 amide bonds. The van der Waals surface area contributed by atoms with Gasteiger partial charge in [0.1, 0.15) is 24.1 Å². The third-order valence-corrected chi connectivity index (χ3v) is 13.5. The van der Waals surface area contributed by atoms with Crippen molar-refractivity contribution >= 4 is 23.6 Å². The predicted molar refractivity (Wildman–Crippen MR) is 263 cm³/mol. The van der Waals surface area contributed by atoms with Crippen LogP contribution in [0.4, 0.5) is 15.3 Å². The lowest BCUT2D eigenvalue weighted by Gasteiger charge is -2.59. The van der Waals surface area contributed by atoms with Crippen molar-refractivity contribution in [3.05, 3.63) is 88.0 Å². The molecule has 3 N–H and O–H groups in total. The summed E-state index contributed by atoms with van der Waals surface area (Å²) in [4.78, 5) is 46.3. The first kappa shape index (κ1) is 54.0. The number of non-ortho nitro benzene ring substituents is 1. The first-order chi connectivity index (χ1) is 33.2. The van der Waals surface area contributed by atoms with E-state index < -0.39 is 34.9 Å². The average Bonchev–Trinajstić information content (AvgIpc) is 3.33. The fourth-order valence-electron chi connectivity index (χ4n) is 10.3. The lowest BCUT2D eigenvalue weighted by atomic mass is 9.55. The molecular formula is C53H78N4O11. The van der Waals surface area contributed by atoms with Crippen molar-refractivity contribution in [1.82, 2.24) is 10.2 Å². The molecule has 1 fully saturated rings. The number of carbonyl (C=O) groups excluding carboxylic acids is 2. The number of unbranched alkanes of at least 4 members (excludes halogenated alkanes) is 11. The van der Waals surface area contributed by atoms with E-state index in [1.807, 2.05) is 26.0 Å². The second kappa shape index (κ2) is 28.5. The van der Waals surface area contributed by atoms with Gasteiger partial charge in [0.25, 0.3) is 5.69 Å². The third kappa shape index (κ3) is 14.5. The quantitative estimate of drug-likeness (QED) is 0.0282. The molecule has 0 radical (unpaired) electrons. The lowest BCUT2D eigenvalue weighted by molar-refractivity contribution is -0.384. The van der Waals surface area contributed by atoms with Crippen molar-refractivity contribution in [3.63, 3.8) is 0 Å². The Labute approximate surface area is 403 Å². The molecule has 2 aromatic carbocycles. The van der Waals surface area contributed by atoms with Gasteiger partial charge in [-0.3, -0.25) is 15.0 Å². The Morgan fingerprint density at radius 1 is 0.926 bits per heavy atom. The van der Waals surface area contributed by atoms with Crippen molar-refractivity contribution in [2.45, 2.75) is 161 Å². The molecular weight excluding hydrogens is 869 g/mol. The number of oxime groups is 1. The lowest BCUT2D eigenvalue weighted by Crippen LogP contribution is -2.70. The smallest absolute Gasteiger partial charge is 0.412 e. The number of hydrogen-bond donors (Lipinski definition) is 3. The molecule has 1 saturated carbocycles. The molecule has 376 valence electrons. The number of allylic oxidation sites excluding steroid dienone is 1. The number of nitro groups is 1. The molecule has 5 rings (SSSR count). The second-order valence-electron chi connectivity index (χ2n) is 18.4. The number of nitrogens with zero attached hydrogens (tertiary/aromatic N) is 3. The van der Waals surface area contributed by atoms with E-state index in [1.165, 1.54) is 57.1 Å². The highest BCUT2D eigenvalue weighted by atomic mass is 16.7. The van der Waals surface area contributed by atoms with Crippen molar-refractivity contribution in [1.29, 1.82) is 0 Å². The van der Waals surface area contributed by atoms with Crippen LogP contribution in [0, 0.1) is 27.9 Å². The highest BCUT2D eigenvalue weighted by molar-refractivity contribution is 6.03. The number of aliphatic hydroxyl groups excluding tert-OH is 2. The van der Waals surface area contributed by atoms with E-state index >= 15 is 0 Å². The minimum absolute atomic E-state index is 0.0123. The van der Waals surface area contributed by atoms with Crippen molar-refractivity contribution in [2.24, 2.45) is 22.9 Å². The van der Waals surface area contributed by atoms with Crippen LogP contribution in [-0.4, -0.2) is 89.3 Å². The minimum atomic E-state index is -1.48. The summed E-state index contributed by atoms with van der Waals surface area (Å²) in [7, 11) is 0. The first-order valence-corrected chi connectivity index (χ1v) is 25.5. The number of benzene rings is 2. The number of amides is 2. The Kier molecular flexibility index (Phi) is 22.6. The van der Waals surface area contributed by atoms with Crippen molar-refractivity contribution in [3.8, 4) is 11.5 Å². The van der Waals surface area contributed by atoms with Gasteiger partial charge >= 0.3 is 12.2 Å². The van der Waals surface area contributed by atoms with Gasteiger partial charge in [0, 0.05) is 56.3 Å². The van der Waals surface area contributed by atoms with Crippen LogP contribution in [0.3, 0.4) is 0 Å². The first-order valence-electron chi connectivity index (χ1n) is 25.5. The molecule has 0 bridgehead atoms. The number of rotatable bonds is 31. The van der Waals surface area contributed by atoms with Gasteiger partial charge in [-0.05, 0) is 98.8 Å². The Morgan fingerprint density at radius 3 is 2.26 bits per heavy atom. The molecule has 1 aliphatic heterocycles. The number of aliphatic hydroxyl groups is 2. The molecule has 68 heavy (non-hydrogen) atoms. The topological polar surface area (TPSA) is 192 Å². The molecule has 6 atom stereocenters. The maximum Gasteiger partial charge on any atom is 0.412 e. The Balaban J connectivity index is 1.60. The van der Waals surface area contributed by atoms with Crippen LogP contribution in [0.25, 0.3) is 0 Å². The summed E-state index contributed by atoms with van der Waals surface area (Å²) < 4.78 is 26.3. The maximum atomic E-state index is 14.6. The summed E-state index contributed by atoms with van der Waals surface area (Å²) >= 11 is 0. The average molecular weight is 947 g/mol. The van der Waals surface area contributed by atoms with Gasteiger partial charge < -0.3 is 39.3 Å². The maximum absolute atomic E-state index is 14.6. The van der Waals surface area contributed by atoms with Gasteiger partial charge in [0.15, 0.2) is 0 Å². The second-order valence-corrected chi connectivity index (χ2v) is 18.4. The fourth-order valence-corrected chi connectivity index (χ4v) is 10.3. The van der Waals surface area contributed by atoms with Crippen LogP contribution in [0.2, 0.25) is 0 Å². The molecule has 0 saturated heterocycles. The number of carbonyl (C=O) groups is 2. The normalized spacial score (nSPS) is 22.0. The summed E-state index contributed by atoms with van der Waals surface area (Å²) in [5, 5.41) is 38.9. The largest absolute Gasteiger partial charge is 0.459 e. The minimum Gasteiger partial charge on any atom is -0.459 e. The number of fused-ring (bicyclic) bond motifs is 2. The van der Waals surface area contributed by atoms with Gasteiger partial charge in [-0.1, -0.05) is 102 Å². The molecule has 3 aliphatic rings. The number of nitrogens with one attached hydrogen (secondary N) is 1. The zero-order valence-electron chi connectivity index (χ0n) is 40.9. The van der Waals surface area contributed by atoms with Gasteiger partial charge in [-0.2, -0.15) is 0 Å². The van der Waals surface area contributed by atoms with Gasteiger partial charge in [0.05, 0.1) is 29.8 Å². The van der Waals surface area contributed by atoms with E-state index in [-0.39, 0.29) is 62.9 Å². The van der Waals surface area contributed by atoms with Crippen LogP contribution in [0.5, 0.6) is 11.5 Å². The van der Waals surface area contributed by atoms with E-state index in [1.54, 1.807) is 29.2 Å². The Hall–Kier alpha value is -4.99. The molecule has 15 heteroatoms. The Morgan fingerprint density at radius 2 is 1.62 bits per heavy atom. The molecule has 1 heterocycles. The van der Waals surface area contributed by atoms with Crippen molar-refractivity contribution in [2.75, 3.05) is 39.5 Å². The van der Waals surface area contributed by atoms with Crippen LogP contribution < -0.4 is 14.8 Å². The highest BCUT2D eigenvalue weighted by Gasteiger charge is 2.65. The zero-order chi connectivity index (χ0) is 48.7. The monoisotopic (exact) mass is 947 g/mol. The molecule has 0 spiro atoms. The van der Waals surface area contributed by atoms with Crippen LogP contribution in [-0.2, 0) is 20.9 Å². The highest BCUT2D eigenvalue weighted by Crippen LogP contribution is 2.62. The van der Waals surface area contributed by atoms with Gasteiger partial charge in [-0.25, -0.2) is 9.59 Å². The molecule has 6 unspecified atom stereocenters. The number of hydrogen-bond acceptors (Lipinski definition) is 12. The summed E-state index contributed by atoms with van der Waals surface area (Å²) in [6.45, 7) is 11.3. The number of ether oxygens (including phenoxy) is 4. The molecule has 2 aliphatic carbocycles. The van der Waals surface area contributed by atoms with Crippen LogP contribution in [0.1, 0.15) is 153 Å². The predicted octanol–water partition coefficient (Wildman–Crippen LogP) is 11.3. The van der Waals surface area contributed by atoms with E-state index in [4.69, 9.17) is 28.9 Å². The van der Waals surface area contributed by atoms with E-state index in [2.05, 4.69) is 24.9 Å². The van der Waals surface area contributed by atoms with E-state index in [0.717, 1.165) is 56.1 Å². The summed E-state index contributed by atoms with van der Waals surface area (Å²) in [5.41, 5.74) is 2.94. The summed E-state index contributed by atoms with van der Waals surface area (Å²) in [5.74, 6) is -1.54. The molecule has 0 aromatic heterocycles. The fraction of sp³-hybridized carbons (Fsp3) is 0.642. The summed E-state index contributed by atoms with van der Waals surface area (Å²) in [6, 6.07) is 10.8. The van der Waals surface area contributed by atoms with E-state index in [0.29, 0.717) is 55.1 Å². The van der Waals surface area contributed by atoms with Gasteiger partial charge in [0.2, 0.25) is 5.79 Å². The van der Waals surface area contributed by atoms with Crippen molar-refractivity contribution < 1.29 is 48.5 Å². The summed E-state index contributed by atoms with van der Waals surface area (Å²) in [6.07, 6.45) is 19.5. The Bertz CT molecular complexity index is 1960. The van der Waals surface area contributed by atoms with E-state index in [9.17, 15) is 29.9 Å². The standard InChI is InChI=1S/C53H78N4O11/c1-5-9-10-11-12-13-14-15-16-21-34-64-52(61)56(30-6-2)48-37-46(55-66-38-39-24-26-41(27-25-39)57(62)63)44-35-40(22-17-19-31-58)43(23-18-20-32-59)49-45-36-42(67-51(60)54-8-4)28-29-47(45)68-53(48,50(44)49)65-33-7-3/h7,24-29,35-36,40,43,48-50,58-59H,3,5-6,8-23,30-34,37-38H2,1-2,4H3,(H,54,60). The SMILES string of the molecule is C=CCOC12Oc3ccc(OC(=O)NCC)cc3C3C(CCCCO)C(CCCCO)C=C(C(=NOCc4ccc([N+](=O)[O-])cc4)CC1N(CCC)C(=O)OCCCCCCCCCCCC)C32. The molecule has 2 aromatic rings. The van der Waals surface area contributed by atoms with Gasteiger partial charge in [-0.15, -0.1) is 6.58 Å². The number of nitro benzene ring substituents is 1. The molecule has 15 nitrogen and oxygen atoms in total. The third-order valence-electron chi connectivity index (χ3n) is 13.5. The van der Waals surface area contributed by atoms with Crippen LogP contribution in [0.15, 0.2) is 71.9 Å². The van der Waals surface area contributed by atoms with Crippen LogP contribution >= 0.6 is 0 Å². The zero-order valence-corrected chi connectivity index (χ0v) is 40.9.